The summed E-state index contributed by atoms with van der Waals surface area (Å²) in [5.74, 6) is -0.394. The van der Waals surface area contributed by atoms with Crippen molar-refractivity contribution < 1.29 is 9.53 Å². The maximum absolute atomic E-state index is 13.1. The second-order valence-corrected chi connectivity index (χ2v) is 6.50. The van der Waals surface area contributed by atoms with Gasteiger partial charge < -0.3 is 10.5 Å². The number of nitrogens with one attached hydrogen (secondary N) is 1. The molecule has 8 heteroatoms. The molecule has 1 amide bonds. The number of aromatic nitrogens is 2. The summed E-state index contributed by atoms with van der Waals surface area (Å²) in [4.78, 5) is 41.4. The highest BCUT2D eigenvalue weighted by molar-refractivity contribution is 6.07. The molecule has 0 radical (unpaired) electrons. The molecule has 1 aromatic carbocycles. The van der Waals surface area contributed by atoms with Gasteiger partial charge in [0.2, 0.25) is 0 Å². The summed E-state index contributed by atoms with van der Waals surface area (Å²) < 4.78 is 6.40. The van der Waals surface area contributed by atoms with Crippen LogP contribution in [0.1, 0.15) is 42.6 Å². The Morgan fingerprint density at radius 3 is 2.46 bits per heavy atom. The van der Waals surface area contributed by atoms with E-state index in [0.29, 0.717) is 12.1 Å². The zero-order chi connectivity index (χ0) is 20.7. The number of ether oxygens (including phenoxy) is 1. The molecule has 0 saturated carbocycles. The highest BCUT2D eigenvalue weighted by Gasteiger charge is 2.25. The van der Waals surface area contributed by atoms with E-state index in [2.05, 4.69) is 4.98 Å². The molecule has 0 unspecified atom stereocenters. The fourth-order valence-electron chi connectivity index (χ4n) is 2.91. The molecule has 0 spiro atoms. The van der Waals surface area contributed by atoms with Gasteiger partial charge in [-0.05, 0) is 30.5 Å². The quantitative estimate of drug-likeness (QED) is 0.680. The Hall–Kier alpha value is -2.87. The van der Waals surface area contributed by atoms with E-state index < -0.39 is 11.2 Å². The van der Waals surface area contributed by atoms with Crippen LogP contribution in [0.4, 0.5) is 11.5 Å². The van der Waals surface area contributed by atoms with Crippen LogP contribution in [0.3, 0.4) is 0 Å². The summed E-state index contributed by atoms with van der Waals surface area (Å²) in [6.07, 6.45) is 2.44. The number of nitrogens with two attached hydrogens (primary N) is 1. The van der Waals surface area contributed by atoms with E-state index in [4.69, 9.17) is 10.5 Å². The second kappa shape index (κ2) is 9.89. The van der Waals surface area contributed by atoms with Gasteiger partial charge in [0, 0.05) is 25.8 Å². The van der Waals surface area contributed by atoms with Crippen LogP contribution in [-0.2, 0) is 17.7 Å². The molecule has 28 heavy (non-hydrogen) atoms. The van der Waals surface area contributed by atoms with Crippen molar-refractivity contribution in [1.82, 2.24) is 9.55 Å². The Labute approximate surface area is 163 Å². The van der Waals surface area contributed by atoms with Crippen molar-refractivity contribution in [2.45, 2.75) is 39.7 Å². The van der Waals surface area contributed by atoms with E-state index in [-0.39, 0.29) is 30.6 Å². The number of nitrogen functional groups attached to an aromatic ring is 1. The van der Waals surface area contributed by atoms with Gasteiger partial charge in [-0.1, -0.05) is 32.4 Å². The SMILES string of the molecule is CCCCn1c(N)c(N(CCOC)C(=O)c2ccc(CC)cc2)c(=O)[nH]c1=O. The van der Waals surface area contributed by atoms with E-state index in [0.717, 1.165) is 24.8 Å². The van der Waals surface area contributed by atoms with E-state index >= 15 is 0 Å². The van der Waals surface area contributed by atoms with E-state index in [1.165, 1.54) is 16.6 Å². The minimum Gasteiger partial charge on any atom is -0.383 e. The summed E-state index contributed by atoms with van der Waals surface area (Å²) in [6, 6.07) is 7.19. The molecule has 1 aromatic heterocycles. The monoisotopic (exact) mass is 388 g/mol. The third-order valence-corrected chi connectivity index (χ3v) is 4.59. The maximum Gasteiger partial charge on any atom is 0.330 e. The summed E-state index contributed by atoms with van der Waals surface area (Å²) in [6.45, 7) is 4.72. The summed E-state index contributed by atoms with van der Waals surface area (Å²) in [5.41, 5.74) is 6.40. The smallest absolute Gasteiger partial charge is 0.330 e. The molecule has 8 nitrogen and oxygen atoms in total. The largest absolute Gasteiger partial charge is 0.383 e. The van der Waals surface area contributed by atoms with E-state index in [9.17, 15) is 14.4 Å². The van der Waals surface area contributed by atoms with Crippen molar-refractivity contribution in [3.63, 3.8) is 0 Å². The zero-order valence-electron chi connectivity index (χ0n) is 16.7. The fourth-order valence-corrected chi connectivity index (χ4v) is 2.91. The molecule has 3 N–H and O–H groups in total. The molecule has 152 valence electrons. The highest BCUT2D eigenvalue weighted by Crippen LogP contribution is 2.20. The van der Waals surface area contributed by atoms with Gasteiger partial charge in [-0.3, -0.25) is 24.0 Å². The first-order valence-corrected chi connectivity index (χ1v) is 9.46. The number of amides is 1. The predicted octanol–water partition coefficient (Wildman–Crippen LogP) is 1.77. The number of methoxy groups -OCH3 is 1. The average Bonchev–Trinajstić information content (AvgIpc) is 2.69. The molecule has 2 aromatic rings. The topological polar surface area (TPSA) is 110 Å². The lowest BCUT2D eigenvalue weighted by atomic mass is 10.1. The molecule has 0 aliphatic rings. The maximum atomic E-state index is 13.1. The van der Waals surface area contributed by atoms with Gasteiger partial charge in [0.25, 0.3) is 11.5 Å². The molecule has 0 bridgehead atoms. The highest BCUT2D eigenvalue weighted by atomic mass is 16.5. The molecular weight excluding hydrogens is 360 g/mol. The van der Waals surface area contributed by atoms with Gasteiger partial charge in [-0.25, -0.2) is 4.79 Å². The Kier molecular flexibility index (Phi) is 7.57. The van der Waals surface area contributed by atoms with Crippen LogP contribution >= 0.6 is 0 Å². The number of anilines is 2. The van der Waals surface area contributed by atoms with Crippen molar-refractivity contribution in [3.8, 4) is 0 Å². The number of nitrogens with zero attached hydrogens (tertiary/aromatic N) is 2. The first-order valence-electron chi connectivity index (χ1n) is 9.46. The standard InChI is InChI=1S/C20H28N4O4/c1-4-6-11-24-17(21)16(18(25)22-20(24)27)23(12-13-28-3)19(26)15-9-7-14(5-2)8-10-15/h7-10H,4-6,11-13,21H2,1-3H3,(H,22,25,27). The minimum atomic E-state index is -0.690. The average molecular weight is 388 g/mol. The van der Waals surface area contributed by atoms with E-state index in [1.807, 2.05) is 26.0 Å². The number of aryl methyl sites for hydroxylation is 1. The van der Waals surface area contributed by atoms with Gasteiger partial charge >= 0.3 is 5.69 Å². The lowest BCUT2D eigenvalue weighted by molar-refractivity contribution is 0.0975. The second-order valence-electron chi connectivity index (χ2n) is 6.50. The number of rotatable bonds is 9. The molecular formula is C20H28N4O4. The van der Waals surface area contributed by atoms with E-state index in [1.54, 1.807) is 12.1 Å². The van der Waals surface area contributed by atoms with Gasteiger partial charge in [0.05, 0.1) is 6.61 Å². The molecule has 0 fully saturated rings. The van der Waals surface area contributed by atoms with Crippen molar-refractivity contribution in [1.29, 1.82) is 0 Å². The van der Waals surface area contributed by atoms with Crippen LogP contribution < -0.4 is 21.9 Å². The normalized spacial score (nSPS) is 10.8. The lowest BCUT2D eigenvalue weighted by Gasteiger charge is -2.24. The Morgan fingerprint density at radius 1 is 1.21 bits per heavy atom. The number of benzene rings is 1. The lowest BCUT2D eigenvalue weighted by Crippen LogP contribution is -2.42. The molecule has 0 aliphatic heterocycles. The minimum absolute atomic E-state index is 0.0168. The summed E-state index contributed by atoms with van der Waals surface area (Å²) in [5, 5.41) is 0. The zero-order valence-corrected chi connectivity index (χ0v) is 16.7. The third kappa shape index (κ3) is 4.69. The molecule has 1 heterocycles. The van der Waals surface area contributed by atoms with Crippen LogP contribution in [0.2, 0.25) is 0 Å². The number of hydrogen-bond acceptors (Lipinski definition) is 5. The van der Waals surface area contributed by atoms with Gasteiger partial charge in [0.1, 0.15) is 5.82 Å². The van der Waals surface area contributed by atoms with Crippen LogP contribution in [-0.4, -0.2) is 35.7 Å². The van der Waals surface area contributed by atoms with Crippen LogP contribution in [0.25, 0.3) is 0 Å². The Morgan fingerprint density at radius 2 is 1.89 bits per heavy atom. The van der Waals surface area contributed by atoms with Gasteiger partial charge in [-0.2, -0.15) is 0 Å². The molecule has 0 atom stereocenters. The van der Waals surface area contributed by atoms with Gasteiger partial charge in [-0.15, -0.1) is 0 Å². The van der Waals surface area contributed by atoms with Gasteiger partial charge in [0.15, 0.2) is 5.69 Å². The fraction of sp³-hybridized carbons (Fsp3) is 0.450. The third-order valence-electron chi connectivity index (χ3n) is 4.59. The predicted molar refractivity (Wildman–Crippen MR) is 110 cm³/mol. The molecule has 0 saturated heterocycles. The first-order chi connectivity index (χ1) is 13.4. The van der Waals surface area contributed by atoms with Crippen LogP contribution in [0.5, 0.6) is 0 Å². The number of carbonyl (C=O) groups is 1. The Bertz CT molecular complexity index is 915. The first kappa shape index (κ1) is 21.4. The number of H-pyrrole nitrogens is 1. The van der Waals surface area contributed by atoms with Crippen molar-refractivity contribution in [2.75, 3.05) is 30.9 Å². The molecule has 2 rings (SSSR count). The van der Waals surface area contributed by atoms with Crippen LogP contribution in [0, 0.1) is 0 Å². The summed E-state index contributed by atoms with van der Waals surface area (Å²) in [7, 11) is 1.51. The van der Waals surface area contributed by atoms with Crippen molar-refractivity contribution >= 4 is 17.4 Å². The number of carbonyl (C=O) groups excluding carboxylic acids is 1. The van der Waals surface area contributed by atoms with Crippen molar-refractivity contribution in [2.24, 2.45) is 0 Å². The Balaban J connectivity index is 2.53. The molecule has 0 aliphatic carbocycles. The number of unbranched alkanes of at least 4 members (excludes halogenated alkanes) is 1. The summed E-state index contributed by atoms with van der Waals surface area (Å²) >= 11 is 0. The van der Waals surface area contributed by atoms with Crippen LogP contribution in [0.15, 0.2) is 33.9 Å². The number of aromatic amines is 1. The number of hydrogen-bond donors (Lipinski definition) is 2. The van der Waals surface area contributed by atoms with Crippen molar-refractivity contribution in [3.05, 3.63) is 56.2 Å².